The standard InChI is InChI=1S/C25H30N4O9S2.C10H12N4O5S/c1-24(2)17(29-20(32)16(21(29)39-24)27-19(31)15(26)12-8-6-5-7-9-12)22(33)37-11-38-23(34)18-25(3,4)40(35,36)14-10-13(30)28(14)18;1-10(5-13-3-2-11-12-13)8(9(16)17)14-6(15)4-7(14)20(10,18)19/h5-9,14-18,21H,10-11,26H2,1-4H3,(H,27,31);2-3,7-8H,4-5H2,1H3,(H,16,17)/t14-,15-,16-,17+,18+,21-;7-,8+,10+/m11/s1. The molecule has 6 saturated heterocycles. The van der Waals surface area contributed by atoms with Gasteiger partial charge in [0, 0.05) is 10.9 Å². The average molecular weight is 895 g/mol. The second-order valence-electron chi connectivity index (χ2n) is 16.3. The van der Waals surface area contributed by atoms with Crippen molar-refractivity contribution >= 4 is 73.0 Å². The predicted octanol–water partition coefficient (Wildman–Crippen LogP) is -2.11. The van der Waals surface area contributed by atoms with E-state index in [1.54, 1.807) is 44.2 Å². The van der Waals surface area contributed by atoms with Gasteiger partial charge in [-0.05, 0) is 40.2 Å². The maximum atomic E-state index is 13.0. The van der Waals surface area contributed by atoms with Gasteiger partial charge in [-0.2, -0.15) is 0 Å². The van der Waals surface area contributed by atoms with Crippen molar-refractivity contribution in [2.45, 2.75) is 115 Å². The van der Waals surface area contributed by atoms with E-state index in [9.17, 15) is 55.5 Å². The Hall–Kier alpha value is -5.14. The molecule has 9 atom stereocenters. The lowest BCUT2D eigenvalue weighted by atomic mass is 9.95. The van der Waals surface area contributed by atoms with Crippen molar-refractivity contribution in [1.29, 1.82) is 0 Å². The van der Waals surface area contributed by atoms with E-state index in [2.05, 4.69) is 15.6 Å². The molecule has 6 aliphatic heterocycles. The van der Waals surface area contributed by atoms with Gasteiger partial charge in [0.1, 0.15) is 45.0 Å². The van der Waals surface area contributed by atoms with Crippen molar-refractivity contribution in [3.05, 3.63) is 48.3 Å². The molecule has 22 nitrogen and oxygen atoms in total. The zero-order chi connectivity index (χ0) is 44.1. The molecule has 25 heteroatoms. The van der Waals surface area contributed by atoms with Crippen LogP contribution in [-0.4, -0.2) is 154 Å². The van der Waals surface area contributed by atoms with Gasteiger partial charge in [-0.25, -0.2) is 31.2 Å². The minimum absolute atomic E-state index is 0.154. The van der Waals surface area contributed by atoms with Crippen LogP contribution in [0, 0.1) is 0 Å². The van der Waals surface area contributed by atoms with E-state index in [1.807, 2.05) is 0 Å². The van der Waals surface area contributed by atoms with E-state index in [4.69, 9.17) is 15.2 Å². The van der Waals surface area contributed by atoms with Crippen LogP contribution in [0.5, 0.6) is 0 Å². The zero-order valence-electron chi connectivity index (χ0n) is 32.7. The molecule has 0 aliphatic carbocycles. The molecule has 2 aromatic rings. The third kappa shape index (κ3) is 6.33. The first-order valence-electron chi connectivity index (χ1n) is 18.5. The molecule has 6 aliphatic rings. The Balaban J connectivity index is 0.000000227. The minimum atomic E-state index is -3.80. The highest BCUT2D eigenvalue weighted by Crippen LogP contribution is 2.51. The molecule has 0 radical (unpaired) electrons. The van der Waals surface area contributed by atoms with Crippen LogP contribution in [0.1, 0.15) is 59.1 Å². The van der Waals surface area contributed by atoms with E-state index >= 15 is 0 Å². The number of benzene rings is 1. The molecular weight excluding hydrogens is 853 g/mol. The molecule has 4 amide bonds. The van der Waals surface area contributed by atoms with Crippen molar-refractivity contribution in [3.63, 3.8) is 0 Å². The number of esters is 2. The lowest BCUT2D eigenvalue weighted by Gasteiger charge is -2.44. The number of carbonyl (C=O) groups is 7. The Kier molecular flexibility index (Phi) is 10.4. The Morgan fingerprint density at radius 3 is 2.00 bits per heavy atom. The van der Waals surface area contributed by atoms with E-state index in [-0.39, 0.29) is 19.4 Å². The number of ether oxygens (including phenoxy) is 2. The second-order valence-corrected chi connectivity index (χ2v) is 23.4. The number of sulfone groups is 2. The van der Waals surface area contributed by atoms with E-state index in [0.29, 0.717) is 5.56 Å². The summed E-state index contributed by atoms with van der Waals surface area (Å²) in [5.74, 6) is -5.09. The summed E-state index contributed by atoms with van der Waals surface area (Å²) < 4.78 is 58.0. The summed E-state index contributed by atoms with van der Waals surface area (Å²) in [5, 5.41) is 16.6. The van der Waals surface area contributed by atoms with E-state index < -0.39 is 129 Å². The van der Waals surface area contributed by atoms with Crippen molar-refractivity contribution < 1.29 is 65.0 Å². The molecule has 0 spiro atoms. The maximum absolute atomic E-state index is 13.0. The van der Waals surface area contributed by atoms with Gasteiger partial charge in [-0.15, -0.1) is 16.9 Å². The number of amides is 4. The first-order chi connectivity index (χ1) is 27.9. The Bertz CT molecular complexity index is 2400. The molecule has 0 saturated carbocycles. The van der Waals surface area contributed by atoms with Gasteiger partial charge in [-0.1, -0.05) is 35.5 Å². The van der Waals surface area contributed by atoms with Crippen LogP contribution in [0.4, 0.5) is 0 Å². The molecule has 0 bridgehead atoms. The molecule has 8 rings (SSSR count). The predicted molar refractivity (Wildman–Crippen MR) is 205 cm³/mol. The molecule has 0 unspecified atom stereocenters. The van der Waals surface area contributed by atoms with Gasteiger partial charge >= 0.3 is 17.9 Å². The van der Waals surface area contributed by atoms with Crippen molar-refractivity contribution in [2.24, 2.45) is 5.73 Å². The van der Waals surface area contributed by atoms with Gasteiger partial charge in [-0.3, -0.25) is 23.9 Å². The summed E-state index contributed by atoms with van der Waals surface area (Å²) in [5.41, 5.74) is 6.64. The Labute approximate surface area is 347 Å². The number of carboxylic acids is 1. The molecular formula is C35H42N8O14S3. The highest BCUT2D eigenvalue weighted by molar-refractivity contribution is 8.01. The SMILES string of the molecule is CC1(C)S[C@@H]2[C@H](NC(=O)[C@H](N)c3ccccc3)C(=O)N2[C@H]1C(=O)OCOC(=O)[C@@H]1N2C(=O)C[C@H]2S(=O)(=O)C1(C)C.C[C@]1(Cn2ccnn2)[C@H](C(=O)O)N2C(=O)C[C@H]2S1(=O)=O. The molecule has 1 aromatic heterocycles. The normalized spacial score (nSPS) is 32.4. The fourth-order valence-corrected chi connectivity index (χ4v) is 14.7. The number of nitrogens with zero attached hydrogens (tertiary/aromatic N) is 6. The number of aromatic nitrogens is 3. The summed E-state index contributed by atoms with van der Waals surface area (Å²) in [6, 6.07) is 3.05. The number of hydrogen-bond donors (Lipinski definition) is 3. The van der Waals surface area contributed by atoms with Crippen LogP contribution < -0.4 is 11.1 Å². The van der Waals surface area contributed by atoms with E-state index in [0.717, 1.165) is 9.80 Å². The third-order valence-electron chi connectivity index (χ3n) is 12.0. The van der Waals surface area contributed by atoms with E-state index in [1.165, 1.54) is 54.5 Å². The van der Waals surface area contributed by atoms with Gasteiger partial charge in [0.05, 0.1) is 30.3 Å². The van der Waals surface area contributed by atoms with Crippen LogP contribution in [0.15, 0.2) is 42.7 Å². The third-order valence-corrected chi connectivity index (χ3v) is 19.1. The number of nitrogens with two attached hydrogens (primary N) is 1. The first kappa shape index (κ1) is 43.0. The number of hydrogen-bond acceptors (Lipinski definition) is 17. The molecule has 7 heterocycles. The summed E-state index contributed by atoms with van der Waals surface area (Å²) in [6.45, 7) is 6.55. The summed E-state index contributed by atoms with van der Waals surface area (Å²) in [6.07, 6.45) is 2.49. The van der Waals surface area contributed by atoms with Gasteiger partial charge < -0.3 is 40.3 Å². The number of rotatable bonds is 10. The van der Waals surface area contributed by atoms with Gasteiger partial charge in [0.25, 0.3) is 0 Å². The highest BCUT2D eigenvalue weighted by atomic mass is 32.2. The number of thioether (sulfide) groups is 1. The van der Waals surface area contributed by atoms with Crippen LogP contribution in [0.25, 0.3) is 0 Å². The summed E-state index contributed by atoms with van der Waals surface area (Å²) in [7, 11) is -7.59. The van der Waals surface area contributed by atoms with Crippen LogP contribution in [0.3, 0.4) is 0 Å². The Morgan fingerprint density at radius 1 is 0.883 bits per heavy atom. The number of aliphatic carboxylic acids is 1. The van der Waals surface area contributed by atoms with Crippen LogP contribution in [0.2, 0.25) is 0 Å². The molecule has 6 fully saturated rings. The minimum Gasteiger partial charge on any atom is -0.480 e. The molecule has 60 heavy (non-hydrogen) atoms. The van der Waals surface area contributed by atoms with Crippen molar-refractivity contribution in [3.8, 4) is 0 Å². The lowest BCUT2D eigenvalue weighted by molar-refractivity contribution is -0.181. The quantitative estimate of drug-likeness (QED) is 0.131. The first-order valence-corrected chi connectivity index (χ1v) is 22.5. The smallest absolute Gasteiger partial charge is 0.333 e. The molecule has 324 valence electrons. The average Bonchev–Trinajstić information content (AvgIpc) is 3.84. The molecule has 1 aromatic carbocycles. The fourth-order valence-electron chi connectivity index (χ4n) is 8.62. The number of fused-ring (bicyclic) bond motifs is 3. The lowest BCUT2D eigenvalue weighted by Crippen LogP contribution is -2.71. The van der Waals surface area contributed by atoms with Crippen LogP contribution in [-0.2, 0) is 69.3 Å². The highest BCUT2D eigenvalue weighted by Gasteiger charge is 2.71. The van der Waals surface area contributed by atoms with Gasteiger partial charge in [0.2, 0.25) is 30.4 Å². The van der Waals surface area contributed by atoms with Crippen LogP contribution >= 0.6 is 11.8 Å². The molecule has 4 N–H and O–H groups in total. The fraction of sp³-hybridized carbons (Fsp3) is 0.571. The van der Waals surface area contributed by atoms with Gasteiger partial charge in [0.15, 0.2) is 25.7 Å². The second kappa shape index (κ2) is 14.5. The summed E-state index contributed by atoms with van der Waals surface area (Å²) >= 11 is 1.31. The number of β-lactam (4-membered cyclic amide) rings is 3. The van der Waals surface area contributed by atoms with Crippen molar-refractivity contribution in [2.75, 3.05) is 6.79 Å². The van der Waals surface area contributed by atoms with Crippen molar-refractivity contribution in [1.82, 2.24) is 35.0 Å². The number of nitrogens with one attached hydrogen (secondary N) is 1. The summed E-state index contributed by atoms with van der Waals surface area (Å²) in [4.78, 5) is 89.9. The number of carboxylic acid groups (broad SMARTS) is 1. The zero-order valence-corrected chi connectivity index (χ0v) is 35.2. The topological polar surface area (TPSA) is 305 Å². The number of carbonyl (C=O) groups excluding carboxylic acids is 6. The Morgan fingerprint density at radius 2 is 1.45 bits per heavy atom. The maximum Gasteiger partial charge on any atom is 0.333 e. The largest absolute Gasteiger partial charge is 0.480 e. The monoisotopic (exact) mass is 894 g/mol.